The number of benzene rings is 3. The van der Waals surface area contributed by atoms with Crippen LogP contribution in [-0.4, -0.2) is 68.3 Å². The number of sulfone groups is 1. The highest BCUT2D eigenvalue weighted by Gasteiger charge is 2.30. The van der Waals surface area contributed by atoms with E-state index in [1.165, 1.54) is 18.2 Å². The molecule has 272 valence electrons. The van der Waals surface area contributed by atoms with Gasteiger partial charge in [-0.1, -0.05) is 56.0 Å². The van der Waals surface area contributed by atoms with Crippen molar-refractivity contribution in [2.75, 3.05) is 26.3 Å². The van der Waals surface area contributed by atoms with Gasteiger partial charge < -0.3 is 25.4 Å². The summed E-state index contributed by atoms with van der Waals surface area (Å²) in [6.07, 6.45) is 10.0. The fourth-order valence-electron chi connectivity index (χ4n) is 5.78. The van der Waals surface area contributed by atoms with Crippen molar-refractivity contribution in [3.63, 3.8) is 0 Å². The van der Waals surface area contributed by atoms with Crippen LogP contribution in [0, 0.1) is 6.92 Å². The van der Waals surface area contributed by atoms with Crippen molar-refractivity contribution in [3.05, 3.63) is 89.0 Å². The highest BCUT2D eigenvalue weighted by Crippen LogP contribution is 2.30. The van der Waals surface area contributed by atoms with Crippen LogP contribution in [0.15, 0.2) is 76.5 Å². The Balaban J connectivity index is 0.000000501. The lowest BCUT2D eigenvalue weighted by Crippen LogP contribution is -2.22. The quantitative estimate of drug-likeness (QED) is 0.0724. The van der Waals surface area contributed by atoms with E-state index in [1.54, 1.807) is 37.3 Å². The molecule has 0 amide bonds. The molecule has 4 rings (SSSR count). The van der Waals surface area contributed by atoms with E-state index in [0.717, 1.165) is 102 Å². The third kappa shape index (κ3) is 14.1. The Kier molecular flexibility index (Phi) is 17.2. The molecule has 1 aliphatic rings. The lowest BCUT2D eigenvalue weighted by Gasteiger charge is -2.14. The summed E-state index contributed by atoms with van der Waals surface area (Å²) in [6.45, 7) is 4.25. The molecule has 1 saturated carbocycles. The van der Waals surface area contributed by atoms with E-state index < -0.39 is 26.1 Å². The van der Waals surface area contributed by atoms with E-state index in [0.29, 0.717) is 22.6 Å². The average molecular weight is 720 g/mol. The average Bonchev–Trinajstić information content (AvgIpc) is 3.63. The fourth-order valence-corrected chi connectivity index (χ4v) is 8.29. The van der Waals surface area contributed by atoms with Gasteiger partial charge >= 0.3 is 0 Å². The summed E-state index contributed by atoms with van der Waals surface area (Å²) in [5.41, 5.74) is 2.99. The molecule has 0 aromatic heterocycles. The van der Waals surface area contributed by atoms with Gasteiger partial charge in [0.1, 0.15) is 5.75 Å². The number of aliphatic hydroxyl groups is 2. The maximum absolute atomic E-state index is 12.8. The number of ether oxygens (including phenoxy) is 1. The number of aliphatic hydroxyl groups excluding tert-OH is 2. The molecular weight excluding hydrogens is 667 g/mol. The molecule has 0 heterocycles. The Hall–Kier alpha value is -2.84. The monoisotopic (exact) mass is 719 g/mol. The zero-order valence-electron chi connectivity index (χ0n) is 28.5. The standard InChI is InChI=1S/C30H45NO6S.C7H8O3S/c32-23-26-21-25(15-16-29(26)33)30(34)22-31-17-6-1-2-7-18-37-19-8-5-10-24-11-9-14-28(20-24)38(35,36)27-12-3-4-13-27;1-6-3-2-4-7(5-6)11(8,9)10/h9,11,14-16,20-21,27,30-34H,1-8,10,12-13,17-19,22-23H2;2-5H,1H3,(H,8,9,10)/t30-;/m0./s1. The van der Waals surface area contributed by atoms with Gasteiger partial charge in [-0.05, 0) is 112 Å². The molecule has 1 atom stereocenters. The highest BCUT2D eigenvalue weighted by atomic mass is 32.2. The Morgan fingerprint density at radius 2 is 1.51 bits per heavy atom. The maximum atomic E-state index is 12.8. The Bertz CT molecular complexity index is 1640. The topological polar surface area (TPSA) is 170 Å². The number of phenols is 1. The Morgan fingerprint density at radius 3 is 2.18 bits per heavy atom. The first-order chi connectivity index (χ1) is 23.4. The van der Waals surface area contributed by atoms with Crippen molar-refractivity contribution in [2.45, 2.75) is 105 Å². The summed E-state index contributed by atoms with van der Waals surface area (Å²) in [5.74, 6) is 0.0372. The molecule has 10 nitrogen and oxygen atoms in total. The van der Waals surface area contributed by atoms with Crippen LogP contribution >= 0.6 is 0 Å². The minimum absolute atomic E-state index is 0.0372. The summed E-state index contributed by atoms with van der Waals surface area (Å²) >= 11 is 0. The van der Waals surface area contributed by atoms with Crippen molar-refractivity contribution in [2.24, 2.45) is 0 Å². The molecule has 0 unspecified atom stereocenters. The van der Waals surface area contributed by atoms with Gasteiger partial charge in [-0.15, -0.1) is 0 Å². The van der Waals surface area contributed by atoms with E-state index in [9.17, 15) is 32.2 Å². The van der Waals surface area contributed by atoms with E-state index in [-0.39, 0.29) is 22.5 Å². The second kappa shape index (κ2) is 20.7. The van der Waals surface area contributed by atoms with E-state index in [1.807, 2.05) is 18.2 Å². The molecular formula is C37H53NO9S2. The zero-order valence-corrected chi connectivity index (χ0v) is 30.1. The van der Waals surface area contributed by atoms with Crippen LogP contribution in [0.1, 0.15) is 92.6 Å². The minimum Gasteiger partial charge on any atom is -0.508 e. The minimum atomic E-state index is -4.03. The van der Waals surface area contributed by atoms with Crippen molar-refractivity contribution in [1.29, 1.82) is 0 Å². The van der Waals surface area contributed by atoms with E-state index in [4.69, 9.17) is 9.29 Å². The number of aryl methyl sites for hydroxylation is 2. The summed E-state index contributed by atoms with van der Waals surface area (Å²) in [5, 5.41) is 32.2. The van der Waals surface area contributed by atoms with Gasteiger partial charge in [-0.3, -0.25) is 4.55 Å². The van der Waals surface area contributed by atoms with Crippen LogP contribution in [0.25, 0.3) is 0 Å². The van der Waals surface area contributed by atoms with Crippen molar-refractivity contribution >= 4 is 20.0 Å². The van der Waals surface area contributed by atoms with Crippen LogP contribution in [0.3, 0.4) is 0 Å². The molecule has 3 aromatic rings. The predicted molar refractivity (Wildman–Crippen MR) is 191 cm³/mol. The van der Waals surface area contributed by atoms with Crippen LogP contribution in [0.2, 0.25) is 0 Å². The number of unbranched alkanes of at least 4 members (excludes halogenated alkanes) is 4. The van der Waals surface area contributed by atoms with Crippen molar-refractivity contribution in [1.82, 2.24) is 5.32 Å². The van der Waals surface area contributed by atoms with Gasteiger partial charge in [0, 0.05) is 25.3 Å². The molecule has 1 fully saturated rings. The van der Waals surface area contributed by atoms with Crippen LogP contribution in [0.5, 0.6) is 5.75 Å². The van der Waals surface area contributed by atoms with Gasteiger partial charge in [-0.25, -0.2) is 8.42 Å². The predicted octanol–water partition coefficient (Wildman–Crippen LogP) is 6.07. The molecule has 0 aliphatic heterocycles. The van der Waals surface area contributed by atoms with Gasteiger partial charge in [0.2, 0.25) is 0 Å². The lowest BCUT2D eigenvalue weighted by molar-refractivity contribution is 0.126. The molecule has 1 aliphatic carbocycles. The summed E-state index contributed by atoms with van der Waals surface area (Å²) in [7, 11) is -7.22. The molecule has 5 N–H and O–H groups in total. The van der Waals surface area contributed by atoms with Gasteiger partial charge in [-0.2, -0.15) is 8.42 Å². The van der Waals surface area contributed by atoms with Gasteiger partial charge in [0.05, 0.1) is 27.8 Å². The molecule has 0 radical (unpaired) electrons. The Morgan fingerprint density at radius 1 is 0.837 bits per heavy atom. The van der Waals surface area contributed by atoms with Gasteiger partial charge in [0.25, 0.3) is 10.1 Å². The molecule has 0 bridgehead atoms. The molecule has 3 aromatic carbocycles. The van der Waals surface area contributed by atoms with Crippen LogP contribution in [-0.2, 0) is 37.7 Å². The first kappa shape index (κ1) is 40.6. The van der Waals surface area contributed by atoms with Gasteiger partial charge in [0.15, 0.2) is 9.84 Å². The number of hydrogen-bond donors (Lipinski definition) is 5. The number of aromatic hydroxyl groups is 1. The fraction of sp³-hybridized carbons (Fsp3) is 0.514. The van der Waals surface area contributed by atoms with E-state index in [2.05, 4.69) is 5.32 Å². The molecule has 12 heteroatoms. The molecule has 0 saturated heterocycles. The smallest absolute Gasteiger partial charge is 0.294 e. The van der Waals surface area contributed by atoms with Crippen molar-refractivity contribution in [3.8, 4) is 5.75 Å². The molecule has 0 spiro atoms. The van der Waals surface area contributed by atoms with Crippen LogP contribution in [0.4, 0.5) is 0 Å². The largest absolute Gasteiger partial charge is 0.508 e. The normalized spacial score (nSPS) is 14.4. The first-order valence-corrected chi connectivity index (χ1v) is 20.2. The zero-order chi connectivity index (χ0) is 35.7. The third-order valence-electron chi connectivity index (χ3n) is 8.65. The maximum Gasteiger partial charge on any atom is 0.294 e. The number of hydrogen-bond acceptors (Lipinski definition) is 9. The van der Waals surface area contributed by atoms with E-state index >= 15 is 0 Å². The summed E-state index contributed by atoms with van der Waals surface area (Å²) in [4.78, 5) is 0.427. The molecule has 49 heavy (non-hydrogen) atoms. The van der Waals surface area contributed by atoms with Crippen LogP contribution < -0.4 is 5.32 Å². The second-order valence-electron chi connectivity index (χ2n) is 12.6. The third-order valence-corrected chi connectivity index (χ3v) is 11.8. The SMILES string of the molecule is Cc1cccc(S(=O)(=O)O)c1.O=S(=O)(c1cccc(CCCCOCCCCCCNC[C@H](O)c2ccc(O)c(CO)c2)c1)C1CCCC1. The van der Waals surface area contributed by atoms with Crippen molar-refractivity contribution < 1.29 is 41.4 Å². The summed E-state index contributed by atoms with van der Waals surface area (Å²) < 4.78 is 61.1. The Labute approximate surface area is 292 Å². The highest BCUT2D eigenvalue weighted by molar-refractivity contribution is 7.92. The number of rotatable bonds is 19. The first-order valence-electron chi connectivity index (χ1n) is 17.2. The number of nitrogens with one attached hydrogen (secondary N) is 1. The summed E-state index contributed by atoms with van der Waals surface area (Å²) in [6, 6.07) is 18.4. The lowest BCUT2D eigenvalue weighted by atomic mass is 10.1. The second-order valence-corrected chi connectivity index (χ2v) is 16.3.